The van der Waals surface area contributed by atoms with Crippen molar-refractivity contribution in [1.82, 2.24) is 9.97 Å². The number of hydrogen-bond donors (Lipinski definition) is 1. The third kappa shape index (κ3) is 3.94. The molecule has 3 aromatic carbocycles. The van der Waals surface area contributed by atoms with Gasteiger partial charge in [-0.1, -0.05) is 66.2 Å². The summed E-state index contributed by atoms with van der Waals surface area (Å²) in [5.41, 5.74) is 2.05. The van der Waals surface area contributed by atoms with E-state index in [1.807, 2.05) is 55.5 Å². The average molecular weight is 446 g/mol. The number of nitrogens with one attached hydrogen (secondary N) is 1. The largest absolute Gasteiger partial charge is 0.492 e. The van der Waals surface area contributed by atoms with Crippen LogP contribution in [-0.2, 0) is 6.54 Å². The molecule has 2 heterocycles. The van der Waals surface area contributed by atoms with E-state index in [-0.39, 0.29) is 0 Å². The number of anilines is 1. The van der Waals surface area contributed by atoms with Gasteiger partial charge in [0.15, 0.2) is 5.82 Å². The zero-order valence-electron chi connectivity index (χ0n) is 16.9. The van der Waals surface area contributed by atoms with Crippen LogP contribution in [0.2, 0.25) is 5.02 Å². The van der Waals surface area contributed by atoms with Gasteiger partial charge in [-0.15, -0.1) is 11.3 Å². The Kier molecular flexibility index (Phi) is 5.45. The molecule has 2 aromatic heterocycles. The van der Waals surface area contributed by atoms with Gasteiger partial charge in [-0.25, -0.2) is 9.97 Å². The highest BCUT2D eigenvalue weighted by molar-refractivity contribution is 7.25. The van der Waals surface area contributed by atoms with E-state index in [9.17, 15) is 0 Å². The third-order valence-corrected chi connectivity index (χ3v) is 6.39. The van der Waals surface area contributed by atoms with E-state index in [1.54, 1.807) is 11.3 Å². The standard InChI is InChI=1S/C25H20ClN3OS/c1-2-30-20-13-12-16(14-19(20)26)15-27-24-22-18-10-6-7-11-21(18)31-25(22)29-23(28-24)17-8-4-3-5-9-17/h3-14H,2,15H2,1H3,(H,27,28,29). The maximum Gasteiger partial charge on any atom is 0.163 e. The monoisotopic (exact) mass is 445 g/mol. The summed E-state index contributed by atoms with van der Waals surface area (Å²) >= 11 is 8.06. The van der Waals surface area contributed by atoms with Crippen molar-refractivity contribution in [3.8, 4) is 17.1 Å². The smallest absolute Gasteiger partial charge is 0.163 e. The third-order valence-electron chi connectivity index (χ3n) is 5.03. The fourth-order valence-corrected chi connectivity index (χ4v) is 4.91. The molecule has 0 bridgehead atoms. The number of ether oxygens (including phenoxy) is 1. The van der Waals surface area contributed by atoms with Gasteiger partial charge in [-0.3, -0.25) is 0 Å². The second-order valence-electron chi connectivity index (χ2n) is 7.09. The molecule has 31 heavy (non-hydrogen) atoms. The number of fused-ring (bicyclic) bond motifs is 3. The second kappa shape index (κ2) is 8.53. The summed E-state index contributed by atoms with van der Waals surface area (Å²) in [6.07, 6.45) is 0. The number of aromatic nitrogens is 2. The minimum atomic E-state index is 0.587. The Morgan fingerprint density at radius 2 is 1.77 bits per heavy atom. The summed E-state index contributed by atoms with van der Waals surface area (Å²) in [6, 6.07) is 24.3. The Balaban J connectivity index is 1.57. The topological polar surface area (TPSA) is 47.0 Å². The quantitative estimate of drug-likeness (QED) is 0.301. The predicted octanol–water partition coefficient (Wildman–Crippen LogP) is 7.18. The molecule has 0 radical (unpaired) electrons. The first-order chi connectivity index (χ1) is 15.2. The van der Waals surface area contributed by atoms with Gasteiger partial charge in [0, 0.05) is 22.2 Å². The van der Waals surface area contributed by atoms with Crippen LogP contribution in [0.3, 0.4) is 0 Å². The Morgan fingerprint density at radius 3 is 2.58 bits per heavy atom. The average Bonchev–Trinajstić information content (AvgIpc) is 3.18. The lowest BCUT2D eigenvalue weighted by atomic mass is 10.1. The van der Waals surface area contributed by atoms with Crippen molar-refractivity contribution in [2.24, 2.45) is 0 Å². The molecule has 5 rings (SSSR count). The summed E-state index contributed by atoms with van der Waals surface area (Å²) in [6.45, 7) is 3.13. The number of benzene rings is 3. The molecule has 1 N–H and O–H groups in total. The first-order valence-electron chi connectivity index (χ1n) is 10.1. The van der Waals surface area contributed by atoms with Crippen LogP contribution in [-0.4, -0.2) is 16.6 Å². The van der Waals surface area contributed by atoms with Crippen molar-refractivity contribution < 1.29 is 4.74 Å². The molecule has 5 aromatic rings. The van der Waals surface area contributed by atoms with E-state index < -0.39 is 0 Å². The van der Waals surface area contributed by atoms with Gasteiger partial charge in [0.05, 0.1) is 17.0 Å². The van der Waals surface area contributed by atoms with E-state index in [2.05, 4.69) is 29.6 Å². The Morgan fingerprint density at radius 1 is 0.968 bits per heavy atom. The van der Waals surface area contributed by atoms with Gasteiger partial charge in [0.2, 0.25) is 0 Å². The van der Waals surface area contributed by atoms with E-state index in [0.29, 0.717) is 29.7 Å². The number of hydrogen-bond acceptors (Lipinski definition) is 5. The first kappa shape index (κ1) is 19.8. The lowest BCUT2D eigenvalue weighted by Crippen LogP contribution is -2.04. The van der Waals surface area contributed by atoms with E-state index in [0.717, 1.165) is 32.5 Å². The first-order valence-corrected chi connectivity index (χ1v) is 11.3. The molecule has 0 atom stereocenters. The molecular formula is C25H20ClN3OS. The fraction of sp³-hybridized carbons (Fsp3) is 0.120. The highest BCUT2D eigenvalue weighted by atomic mass is 35.5. The van der Waals surface area contributed by atoms with Crippen molar-refractivity contribution >= 4 is 49.1 Å². The summed E-state index contributed by atoms with van der Waals surface area (Å²) < 4.78 is 6.74. The molecular weight excluding hydrogens is 426 g/mol. The molecule has 4 nitrogen and oxygen atoms in total. The minimum absolute atomic E-state index is 0.587. The van der Waals surface area contributed by atoms with Gasteiger partial charge in [-0.05, 0) is 30.7 Å². The number of rotatable bonds is 6. The van der Waals surface area contributed by atoms with Crippen LogP contribution in [0, 0.1) is 0 Å². The number of halogens is 1. The highest BCUT2D eigenvalue weighted by Gasteiger charge is 2.15. The van der Waals surface area contributed by atoms with Gasteiger partial charge in [-0.2, -0.15) is 0 Å². The molecule has 0 fully saturated rings. The van der Waals surface area contributed by atoms with Crippen LogP contribution in [0.5, 0.6) is 5.75 Å². The van der Waals surface area contributed by atoms with Crippen LogP contribution in [0.15, 0.2) is 72.8 Å². The molecule has 0 saturated carbocycles. The zero-order valence-corrected chi connectivity index (χ0v) is 18.5. The van der Waals surface area contributed by atoms with Crippen LogP contribution < -0.4 is 10.1 Å². The van der Waals surface area contributed by atoms with Crippen molar-refractivity contribution in [1.29, 1.82) is 0 Å². The lowest BCUT2D eigenvalue weighted by Gasteiger charge is -2.11. The number of thiophene rings is 1. The summed E-state index contributed by atoms with van der Waals surface area (Å²) in [4.78, 5) is 10.8. The van der Waals surface area contributed by atoms with Crippen molar-refractivity contribution in [3.05, 3.63) is 83.4 Å². The van der Waals surface area contributed by atoms with Gasteiger partial charge in [0.1, 0.15) is 16.4 Å². The van der Waals surface area contributed by atoms with Crippen LogP contribution in [0.1, 0.15) is 12.5 Å². The summed E-state index contributed by atoms with van der Waals surface area (Å²) in [5.74, 6) is 2.24. The highest BCUT2D eigenvalue weighted by Crippen LogP contribution is 2.38. The molecule has 0 saturated heterocycles. The molecule has 0 aliphatic carbocycles. The molecule has 0 aliphatic rings. The Labute approximate surface area is 189 Å². The van der Waals surface area contributed by atoms with Crippen molar-refractivity contribution in [2.45, 2.75) is 13.5 Å². The van der Waals surface area contributed by atoms with Crippen molar-refractivity contribution in [2.75, 3.05) is 11.9 Å². The van der Waals surface area contributed by atoms with Crippen LogP contribution in [0.4, 0.5) is 5.82 Å². The second-order valence-corrected chi connectivity index (χ2v) is 8.53. The van der Waals surface area contributed by atoms with Gasteiger partial charge < -0.3 is 10.1 Å². The molecule has 0 spiro atoms. The molecule has 0 amide bonds. The lowest BCUT2D eigenvalue weighted by molar-refractivity contribution is 0.340. The predicted molar refractivity (Wildman–Crippen MR) is 130 cm³/mol. The summed E-state index contributed by atoms with van der Waals surface area (Å²) in [5, 5.41) is 6.35. The molecule has 6 heteroatoms. The molecule has 0 aliphatic heterocycles. The fourth-order valence-electron chi connectivity index (χ4n) is 3.58. The molecule has 154 valence electrons. The Hall–Kier alpha value is -3.15. The van der Waals surface area contributed by atoms with Crippen LogP contribution >= 0.6 is 22.9 Å². The zero-order chi connectivity index (χ0) is 21.2. The maximum absolute atomic E-state index is 6.37. The Bertz CT molecular complexity index is 1370. The van der Waals surface area contributed by atoms with Gasteiger partial charge in [0.25, 0.3) is 0 Å². The van der Waals surface area contributed by atoms with Gasteiger partial charge >= 0.3 is 0 Å². The van der Waals surface area contributed by atoms with Crippen molar-refractivity contribution in [3.63, 3.8) is 0 Å². The maximum atomic E-state index is 6.37. The minimum Gasteiger partial charge on any atom is -0.492 e. The normalized spacial score (nSPS) is 11.2. The molecule has 0 unspecified atom stereocenters. The van der Waals surface area contributed by atoms with Crippen LogP contribution in [0.25, 0.3) is 31.7 Å². The van der Waals surface area contributed by atoms with E-state index in [1.165, 1.54) is 4.70 Å². The summed E-state index contributed by atoms with van der Waals surface area (Å²) in [7, 11) is 0. The SMILES string of the molecule is CCOc1ccc(CNc2nc(-c3ccccc3)nc3sc4ccccc4c23)cc1Cl. The van der Waals surface area contributed by atoms with E-state index in [4.69, 9.17) is 26.3 Å². The van der Waals surface area contributed by atoms with E-state index >= 15 is 0 Å². The number of nitrogens with zero attached hydrogens (tertiary/aromatic N) is 2.